The molecule has 0 aromatic heterocycles. The molecule has 0 atom stereocenters. The Labute approximate surface area is 192 Å². The molecule has 0 N–H and O–H groups in total. The van der Waals surface area contributed by atoms with Gasteiger partial charge in [0.25, 0.3) is 0 Å². The van der Waals surface area contributed by atoms with Crippen LogP contribution in [-0.2, 0) is 0 Å². The van der Waals surface area contributed by atoms with E-state index >= 15 is 0 Å². The highest BCUT2D eigenvalue weighted by molar-refractivity contribution is 5.00. The number of hydrogen-bond donors (Lipinski definition) is 0. The minimum Gasteiger partial charge on any atom is -0.0776 e. The minimum absolute atomic E-state index is 0. The summed E-state index contributed by atoms with van der Waals surface area (Å²) < 4.78 is 0. The Balaban J connectivity index is -0.0000000580. The van der Waals surface area contributed by atoms with Crippen molar-refractivity contribution in [3.05, 3.63) is 109 Å². The van der Waals surface area contributed by atoms with E-state index < -0.39 is 0 Å². The second-order valence-electron chi connectivity index (χ2n) is 4.17. The maximum atomic E-state index is 2.12. The summed E-state index contributed by atoms with van der Waals surface area (Å²) in [6.45, 7) is 20.2. The first-order chi connectivity index (χ1) is 14.4. The van der Waals surface area contributed by atoms with Gasteiger partial charge in [0, 0.05) is 0 Å². The minimum atomic E-state index is 0. The topological polar surface area (TPSA) is 0 Å². The van der Waals surface area contributed by atoms with Crippen molar-refractivity contribution in [2.24, 2.45) is 0 Å². The first-order valence-electron chi connectivity index (χ1n) is 11.4. The summed E-state index contributed by atoms with van der Waals surface area (Å²) >= 11 is 0. The molecule has 0 amide bonds. The molecule has 0 saturated carbocycles. The highest BCUT2D eigenvalue weighted by Crippen LogP contribution is 1.81. The Morgan fingerprint density at radius 1 is 0.267 bits per heavy atom. The Morgan fingerprint density at radius 2 is 0.300 bits per heavy atom. The van der Waals surface area contributed by atoms with Crippen LogP contribution in [0.2, 0.25) is 0 Å². The molecule has 174 valence electrons. The van der Waals surface area contributed by atoms with Gasteiger partial charge < -0.3 is 0 Å². The van der Waals surface area contributed by atoms with Crippen LogP contribution in [0.3, 0.4) is 0 Å². The van der Waals surface area contributed by atoms with Crippen molar-refractivity contribution in [1.82, 2.24) is 0 Å². The van der Waals surface area contributed by atoms with Crippen LogP contribution in [0.5, 0.6) is 0 Å². The van der Waals surface area contributed by atoms with Crippen molar-refractivity contribution >= 4 is 0 Å². The van der Waals surface area contributed by atoms with Gasteiger partial charge in [0.2, 0.25) is 0 Å². The highest BCUT2D eigenvalue weighted by Gasteiger charge is 1.59. The summed E-state index contributed by atoms with van der Waals surface area (Å²) in [5.74, 6) is 0. The van der Waals surface area contributed by atoms with Gasteiger partial charge in [-0.05, 0) is 0 Å². The summed E-state index contributed by atoms with van der Waals surface area (Å²) in [5.41, 5.74) is 0. The third-order valence-corrected chi connectivity index (χ3v) is 2.00. The monoisotopic (exact) mass is 414 g/mol. The van der Waals surface area contributed by atoms with E-state index in [4.69, 9.17) is 0 Å². The highest BCUT2D eigenvalue weighted by atomic mass is 13.7. The van der Waals surface area contributed by atoms with Crippen LogP contribution in [0.1, 0.15) is 83.1 Å². The van der Waals surface area contributed by atoms with Gasteiger partial charge in [-0.25, -0.2) is 0 Å². The molecule has 0 unspecified atom stereocenters. The summed E-state index contributed by atoms with van der Waals surface area (Å²) in [5, 5.41) is 0. The van der Waals surface area contributed by atoms with Crippen molar-refractivity contribution in [3.63, 3.8) is 0 Å². The maximum Gasteiger partial charge on any atom is -0.0590 e. The Hall–Kier alpha value is -2.34. The predicted molar refractivity (Wildman–Crippen MR) is 147 cm³/mol. The lowest BCUT2D eigenvalue weighted by molar-refractivity contribution is 1.09. The maximum absolute atomic E-state index is 2.12. The Morgan fingerprint density at radius 3 is 0.333 bits per heavy atom. The molecule has 0 bridgehead atoms. The van der Waals surface area contributed by atoms with Crippen LogP contribution in [0.4, 0.5) is 0 Å². The second-order valence-corrected chi connectivity index (χ2v) is 4.17. The van der Waals surface area contributed by atoms with Gasteiger partial charge in [-0.2, -0.15) is 0 Å². The zero-order valence-corrected chi connectivity index (χ0v) is 21.1. The predicted octanol–water partition coefficient (Wildman–Crippen LogP) is 11.2. The molecule has 0 heterocycles. The third kappa shape index (κ3) is 63.6. The van der Waals surface area contributed by atoms with Crippen LogP contribution in [0.25, 0.3) is 0 Å². The van der Waals surface area contributed by atoms with E-state index in [1.165, 1.54) is 6.42 Å². The molecule has 0 nitrogen and oxygen atoms in total. The lowest BCUT2D eigenvalue weighted by Gasteiger charge is -1.69. The van der Waals surface area contributed by atoms with Gasteiger partial charge in [0.05, 0.1) is 0 Å². The van der Waals surface area contributed by atoms with E-state index in [1.807, 2.05) is 165 Å². The lowest BCUT2D eigenvalue weighted by Crippen LogP contribution is -1.47. The van der Waals surface area contributed by atoms with Crippen LogP contribution in [-0.4, -0.2) is 0 Å². The van der Waals surface area contributed by atoms with Gasteiger partial charge in [0.1, 0.15) is 0 Å². The smallest absolute Gasteiger partial charge is 0.0590 e. The van der Waals surface area contributed by atoms with Crippen LogP contribution < -0.4 is 0 Å². The van der Waals surface area contributed by atoms with Crippen LogP contribution in [0, 0.1) is 0 Å². The average molecular weight is 415 g/mol. The number of rotatable bonds is 0. The van der Waals surface area contributed by atoms with Gasteiger partial charge >= 0.3 is 0 Å². The fourth-order valence-electron chi connectivity index (χ4n) is 1.15. The van der Waals surface area contributed by atoms with Crippen LogP contribution in [0.15, 0.2) is 109 Å². The van der Waals surface area contributed by atoms with Crippen molar-refractivity contribution < 1.29 is 0 Å². The third-order valence-electron chi connectivity index (χ3n) is 2.00. The first kappa shape index (κ1) is 41.9. The molecular formula is C30H54. The molecule has 0 radical (unpaired) electrons. The van der Waals surface area contributed by atoms with E-state index in [-0.39, 0.29) is 7.43 Å². The molecule has 3 aromatic carbocycles. The number of hydrogen-bond acceptors (Lipinski definition) is 0. The molecule has 0 aliphatic rings. The second kappa shape index (κ2) is 63.2. The molecule has 3 rings (SSSR count). The summed E-state index contributed by atoms with van der Waals surface area (Å²) in [6.07, 6.45) is 1.25. The molecule has 0 aliphatic carbocycles. The normalized spacial score (nSPS) is 6.20. The van der Waals surface area contributed by atoms with Gasteiger partial charge in [-0.15, -0.1) is 0 Å². The Kier molecular flexibility index (Phi) is 88.3. The van der Waals surface area contributed by atoms with Crippen molar-refractivity contribution in [3.8, 4) is 0 Å². The van der Waals surface area contributed by atoms with E-state index in [2.05, 4.69) is 13.8 Å². The molecule has 0 saturated heterocycles. The molecule has 3 aromatic rings. The van der Waals surface area contributed by atoms with E-state index in [1.54, 1.807) is 0 Å². The Bertz CT molecular complexity index is 305. The quantitative estimate of drug-likeness (QED) is 0.343. The van der Waals surface area contributed by atoms with Crippen molar-refractivity contribution in [1.29, 1.82) is 0 Å². The first-order valence-corrected chi connectivity index (χ1v) is 11.4. The number of benzene rings is 3. The SMILES string of the molecule is C.CC.CC.CC.CC.CCC.c1ccccc1.c1ccccc1.c1ccccc1. The zero-order chi connectivity index (χ0) is 23.4. The molecular weight excluding hydrogens is 360 g/mol. The van der Waals surface area contributed by atoms with E-state index in [0.29, 0.717) is 0 Å². The lowest BCUT2D eigenvalue weighted by atomic mass is 10.4. The van der Waals surface area contributed by atoms with E-state index in [9.17, 15) is 0 Å². The molecule has 0 aliphatic heterocycles. The van der Waals surface area contributed by atoms with Gasteiger partial charge in [-0.3, -0.25) is 0 Å². The van der Waals surface area contributed by atoms with Crippen LogP contribution >= 0.6 is 0 Å². The molecule has 30 heavy (non-hydrogen) atoms. The van der Waals surface area contributed by atoms with Crippen molar-refractivity contribution in [2.75, 3.05) is 0 Å². The van der Waals surface area contributed by atoms with Gasteiger partial charge in [-0.1, -0.05) is 192 Å². The molecule has 0 fully saturated rings. The fraction of sp³-hybridized carbons (Fsp3) is 0.400. The largest absolute Gasteiger partial charge is 0.0776 e. The summed E-state index contributed by atoms with van der Waals surface area (Å²) in [4.78, 5) is 0. The van der Waals surface area contributed by atoms with Gasteiger partial charge in [0.15, 0.2) is 0 Å². The molecule has 0 heteroatoms. The standard InChI is InChI=1S/3C6H6.C3H8.4C2H6.CH4/c3*1-2-4-6-5-3-1;1-3-2;4*1-2;/h3*1-6H;3H2,1-2H3;4*1-2H3;1H4. The average Bonchev–Trinajstić information content (AvgIpc) is 2.89. The van der Waals surface area contributed by atoms with Crippen molar-refractivity contribution in [2.45, 2.75) is 83.1 Å². The summed E-state index contributed by atoms with van der Waals surface area (Å²) in [7, 11) is 0. The summed E-state index contributed by atoms with van der Waals surface area (Å²) in [6, 6.07) is 36.0. The van der Waals surface area contributed by atoms with E-state index in [0.717, 1.165) is 0 Å². The molecule has 0 spiro atoms. The zero-order valence-electron chi connectivity index (χ0n) is 21.1. The fourth-order valence-corrected chi connectivity index (χ4v) is 1.15.